The first-order chi connectivity index (χ1) is 3.79. The van der Waals surface area contributed by atoms with E-state index in [0.29, 0.717) is 5.92 Å². The van der Waals surface area contributed by atoms with Crippen LogP contribution in [0.5, 0.6) is 0 Å². The van der Waals surface area contributed by atoms with E-state index in [-0.39, 0.29) is 5.38 Å². The Hall–Kier alpha value is -0.230. The Morgan fingerprint density at radius 3 is 2.00 bits per heavy atom. The summed E-state index contributed by atoms with van der Waals surface area (Å²) in [5.74, 6) is 0.574. The number of hydrogen-bond acceptors (Lipinski definition) is 0. The average Bonchev–Trinajstić information content (AvgIpc) is 1.77. The van der Waals surface area contributed by atoms with Crippen molar-refractivity contribution in [2.75, 3.05) is 0 Å². The quantitative estimate of drug-likeness (QED) is 0.347. The highest BCUT2D eigenvalue weighted by molar-refractivity contribution is 6.23. The Morgan fingerprint density at radius 2 is 1.62 bits per heavy atom. The number of alkyl halides is 1. The Kier molecular flexibility index (Phi) is 1.74. The van der Waals surface area contributed by atoms with Crippen LogP contribution in [0.25, 0.3) is 0 Å². The molecule has 0 N–H and O–H groups in total. The molecule has 0 nitrogen and oxygen atoms in total. The number of hydrogen-bond donors (Lipinski definition) is 0. The fourth-order valence-electron chi connectivity index (χ4n) is 0.691. The van der Waals surface area contributed by atoms with Gasteiger partial charge in [-0.2, -0.15) is 0 Å². The van der Waals surface area contributed by atoms with Gasteiger partial charge in [0.2, 0.25) is 0 Å². The molecule has 0 unspecified atom stereocenters. The lowest BCUT2D eigenvalue weighted by atomic mass is 10.1. The molecule has 0 atom stereocenters. The van der Waals surface area contributed by atoms with Gasteiger partial charge in [-0.15, -0.1) is 11.6 Å². The SMILES string of the molecule is CC1C=CC(Cl)C=C1. The van der Waals surface area contributed by atoms with Crippen molar-refractivity contribution in [3.8, 4) is 0 Å². The molecule has 0 amide bonds. The summed E-state index contributed by atoms with van der Waals surface area (Å²) in [7, 11) is 0. The molecule has 0 saturated heterocycles. The zero-order chi connectivity index (χ0) is 5.98. The minimum atomic E-state index is 0.131. The summed E-state index contributed by atoms with van der Waals surface area (Å²) in [5, 5.41) is 0.131. The molecule has 0 heterocycles. The van der Waals surface area contributed by atoms with Crippen molar-refractivity contribution in [1.29, 1.82) is 0 Å². The topological polar surface area (TPSA) is 0 Å². The van der Waals surface area contributed by atoms with Gasteiger partial charge in [0.1, 0.15) is 0 Å². The van der Waals surface area contributed by atoms with Gasteiger partial charge in [0, 0.05) is 0 Å². The van der Waals surface area contributed by atoms with Gasteiger partial charge in [-0.1, -0.05) is 31.2 Å². The van der Waals surface area contributed by atoms with Crippen LogP contribution in [-0.4, -0.2) is 5.38 Å². The maximum absolute atomic E-state index is 5.71. The lowest BCUT2D eigenvalue weighted by molar-refractivity contribution is 0.912. The fraction of sp³-hybridized carbons (Fsp3) is 0.429. The van der Waals surface area contributed by atoms with Gasteiger partial charge in [-0.25, -0.2) is 0 Å². The maximum Gasteiger partial charge on any atom is 0.0697 e. The van der Waals surface area contributed by atoms with Gasteiger partial charge in [0.15, 0.2) is 0 Å². The molecule has 0 bridgehead atoms. The summed E-state index contributed by atoms with van der Waals surface area (Å²) in [6.45, 7) is 2.13. The van der Waals surface area contributed by atoms with Crippen molar-refractivity contribution in [2.45, 2.75) is 12.3 Å². The third-order valence-electron chi connectivity index (χ3n) is 1.20. The van der Waals surface area contributed by atoms with Crippen LogP contribution in [0.1, 0.15) is 6.92 Å². The molecule has 1 heteroatoms. The van der Waals surface area contributed by atoms with E-state index in [1.165, 1.54) is 0 Å². The van der Waals surface area contributed by atoms with Gasteiger partial charge in [0.25, 0.3) is 0 Å². The summed E-state index contributed by atoms with van der Waals surface area (Å²) in [4.78, 5) is 0. The van der Waals surface area contributed by atoms with Gasteiger partial charge in [-0.05, 0) is 5.92 Å². The van der Waals surface area contributed by atoms with Crippen LogP contribution in [0.4, 0.5) is 0 Å². The van der Waals surface area contributed by atoms with Crippen molar-refractivity contribution >= 4 is 11.6 Å². The van der Waals surface area contributed by atoms with Crippen LogP contribution in [0.2, 0.25) is 0 Å². The average molecular weight is 129 g/mol. The lowest BCUT2D eigenvalue weighted by Crippen LogP contribution is -1.96. The summed E-state index contributed by atoms with van der Waals surface area (Å²) in [5.41, 5.74) is 0. The molecule has 0 fully saturated rings. The van der Waals surface area contributed by atoms with E-state index in [1.54, 1.807) is 0 Å². The second kappa shape index (κ2) is 2.36. The Bertz CT molecular complexity index is 96.3. The highest BCUT2D eigenvalue weighted by Crippen LogP contribution is 2.11. The van der Waals surface area contributed by atoms with Crippen molar-refractivity contribution in [1.82, 2.24) is 0 Å². The summed E-state index contributed by atoms with van der Waals surface area (Å²) in [6.07, 6.45) is 8.23. The largest absolute Gasteiger partial charge is 0.114 e. The van der Waals surface area contributed by atoms with Crippen LogP contribution in [0.3, 0.4) is 0 Å². The van der Waals surface area contributed by atoms with E-state index in [2.05, 4.69) is 19.1 Å². The number of rotatable bonds is 0. The van der Waals surface area contributed by atoms with Crippen molar-refractivity contribution in [2.24, 2.45) is 5.92 Å². The second-order valence-electron chi connectivity index (χ2n) is 2.07. The maximum atomic E-state index is 5.71. The Labute approximate surface area is 54.8 Å². The van der Waals surface area contributed by atoms with E-state index in [0.717, 1.165) is 0 Å². The standard InChI is InChI=1S/C7H9Cl/c1-6-2-4-7(8)5-3-6/h2-7H,1H3. The highest BCUT2D eigenvalue weighted by Gasteiger charge is 1.99. The molecular formula is C7H9Cl. The minimum Gasteiger partial charge on any atom is -0.114 e. The molecule has 1 rings (SSSR count). The monoisotopic (exact) mass is 128 g/mol. The molecule has 0 aromatic rings. The van der Waals surface area contributed by atoms with Crippen LogP contribution in [0.15, 0.2) is 24.3 Å². The molecule has 1 aliphatic rings. The molecule has 0 aromatic carbocycles. The molecule has 0 aliphatic heterocycles. The van der Waals surface area contributed by atoms with Crippen LogP contribution < -0.4 is 0 Å². The molecular weight excluding hydrogens is 120 g/mol. The van der Waals surface area contributed by atoms with Gasteiger partial charge in [-0.3, -0.25) is 0 Å². The first kappa shape index (κ1) is 5.90. The second-order valence-corrected chi connectivity index (χ2v) is 2.58. The molecule has 0 aromatic heterocycles. The van der Waals surface area contributed by atoms with Crippen LogP contribution in [0, 0.1) is 5.92 Å². The van der Waals surface area contributed by atoms with E-state index in [4.69, 9.17) is 11.6 Å². The summed E-state index contributed by atoms with van der Waals surface area (Å²) < 4.78 is 0. The summed E-state index contributed by atoms with van der Waals surface area (Å²) in [6, 6.07) is 0. The zero-order valence-electron chi connectivity index (χ0n) is 4.84. The Balaban J connectivity index is 2.54. The first-order valence-electron chi connectivity index (χ1n) is 2.80. The number of allylic oxidation sites excluding steroid dienone is 4. The van der Waals surface area contributed by atoms with Gasteiger partial charge < -0.3 is 0 Å². The van der Waals surface area contributed by atoms with Crippen LogP contribution >= 0.6 is 11.6 Å². The minimum absolute atomic E-state index is 0.131. The van der Waals surface area contributed by atoms with Gasteiger partial charge >= 0.3 is 0 Å². The van der Waals surface area contributed by atoms with Crippen LogP contribution in [-0.2, 0) is 0 Å². The molecule has 0 radical (unpaired) electrons. The Morgan fingerprint density at radius 1 is 1.12 bits per heavy atom. The normalized spacial score (nSPS) is 35.8. The molecule has 0 saturated carbocycles. The first-order valence-corrected chi connectivity index (χ1v) is 3.23. The molecule has 44 valence electrons. The van der Waals surface area contributed by atoms with Crippen molar-refractivity contribution in [3.05, 3.63) is 24.3 Å². The lowest BCUT2D eigenvalue weighted by Gasteiger charge is -2.05. The number of halogens is 1. The van der Waals surface area contributed by atoms with Gasteiger partial charge in [0.05, 0.1) is 5.38 Å². The predicted molar refractivity (Wildman–Crippen MR) is 37.1 cm³/mol. The zero-order valence-corrected chi connectivity index (χ0v) is 5.60. The molecule has 0 spiro atoms. The van der Waals surface area contributed by atoms with Crippen molar-refractivity contribution < 1.29 is 0 Å². The smallest absolute Gasteiger partial charge is 0.0697 e. The summed E-state index contributed by atoms with van der Waals surface area (Å²) >= 11 is 5.71. The van der Waals surface area contributed by atoms with Crippen molar-refractivity contribution in [3.63, 3.8) is 0 Å². The van der Waals surface area contributed by atoms with E-state index in [1.807, 2.05) is 12.2 Å². The van der Waals surface area contributed by atoms with E-state index < -0.39 is 0 Å². The molecule has 1 aliphatic carbocycles. The van der Waals surface area contributed by atoms with E-state index in [9.17, 15) is 0 Å². The highest BCUT2D eigenvalue weighted by atomic mass is 35.5. The third kappa shape index (κ3) is 1.38. The van der Waals surface area contributed by atoms with E-state index >= 15 is 0 Å². The third-order valence-corrected chi connectivity index (χ3v) is 1.49. The molecule has 8 heavy (non-hydrogen) atoms. The fourth-order valence-corrected chi connectivity index (χ4v) is 0.859. The predicted octanol–water partition coefficient (Wildman–Crippen LogP) is 2.36.